The molecule has 0 aliphatic heterocycles. The number of nitrogens with zero attached hydrogens (tertiary/aromatic N) is 4. The third kappa shape index (κ3) is 4.75. The zero-order chi connectivity index (χ0) is 20.9. The summed E-state index contributed by atoms with van der Waals surface area (Å²) in [6.45, 7) is 2.06. The normalized spacial score (nSPS) is 20.1. The van der Waals surface area contributed by atoms with E-state index in [4.69, 9.17) is 0 Å². The number of fused-ring (bicyclic) bond motifs is 1. The summed E-state index contributed by atoms with van der Waals surface area (Å²) in [7, 11) is 0. The largest absolute Gasteiger partial charge is 0.353 e. The number of benzene rings is 1. The van der Waals surface area contributed by atoms with E-state index >= 15 is 0 Å². The van der Waals surface area contributed by atoms with E-state index in [0.717, 1.165) is 48.2 Å². The highest BCUT2D eigenvalue weighted by Gasteiger charge is 2.27. The molecule has 1 aliphatic carbocycles. The van der Waals surface area contributed by atoms with Gasteiger partial charge in [-0.15, -0.1) is 0 Å². The minimum Gasteiger partial charge on any atom is -0.353 e. The van der Waals surface area contributed by atoms with Crippen LogP contribution in [0.5, 0.6) is 0 Å². The molecule has 3 aromatic rings. The first-order valence-electron chi connectivity index (χ1n) is 10.5. The van der Waals surface area contributed by atoms with Gasteiger partial charge in [0.25, 0.3) is 0 Å². The Morgan fingerprint density at radius 3 is 2.83 bits per heavy atom. The standard InChI is InChI=1S/C22H28N6OS/c1-15(14-30-2)25-21(29)16-7-9-18(10-8-16)26-22-23-12-11-20(27-22)28-19-6-4-3-5-17(19)13-24-28/h3-6,11-13,15-16,18H,7-10,14H2,1-2H3,(H,25,29)(H,23,26,27)/t15-,16-,18-/m1/s1. The predicted molar refractivity (Wildman–Crippen MR) is 122 cm³/mol. The summed E-state index contributed by atoms with van der Waals surface area (Å²) in [5.74, 6) is 2.59. The van der Waals surface area contributed by atoms with Crippen molar-refractivity contribution in [3.05, 3.63) is 42.7 Å². The molecule has 1 fully saturated rings. The van der Waals surface area contributed by atoms with E-state index in [2.05, 4.69) is 38.9 Å². The molecule has 7 nitrogen and oxygen atoms in total. The molecule has 0 bridgehead atoms. The number of rotatable bonds is 7. The van der Waals surface area contributed by atoms with Gasteiger partial charge in [0.1, 0.15) is 0 Å². The van der Waals surface area contributed by atoms with Crippen LogP contribution in [0.1, 0.15) is 32.6 Å². The minimum atomic E-state index is 0.107. The van der Waals surface area contributed by atoms with Gasteiger partial charge in [-0.1, -0.05) is 18.2 Å². The van der Waals surface area contributed by atoms with E-state index in [1.54, 1.807) is 18.0 Å². The highest BCUT2D eigenvalue weighted by atomic mass is 32.2. The van der Waals surface area contributed by atoms with Crippen LogP contribution in [-0.4, -0.2) is 49.7 Å². The monoisotopic (exact) mass is 424 g/mol. The Labute approximate surface area is 181 Å². The Kier molecular flexibility index (Phi) is 6.52. The van der Waals surface area contributed by atoms with Crippen LogP contribution in [-0.2, 0) is 4.79 Å². The zero-order valence-electron chi connectivity index (χ0n) is 17.4. The van der Waals surface area contributed by atoms with Crippen molar-refractivity contribution in [2.24, 2.45) is 5.92 Å². The lowest BCUT2D eigenvalue weighted by Crippen LogP contribution is -2.41. The number of thioether (sulfide) groups is 1. The van der Waals surface area contributed by atoms with Gasteiger partial charge in [-0.05, 0) is 44.9 Å². The molecule has 30 heavy (non-hydrogen) atoms. The summed E-state index contributed by atoms with van der Waals surface area (Å²) in [6.07, 6.45) is 9.31. The number of aromatic nitrogens is 4. The Morgan fingerprint density at radius 2 is 2.03 bits per heavy atom. The second-order valence-corrected chi connectivity index (χ2v) is 8.82. The molecule has 1 aromatic carbocycles. The summed E-state index contributed by atoms with van der Waals surface area (Å²) in [6, 6.07) is 10.4. The Morgan fingerprint density at radius 1 is 1.23 bits per heavy atom. The van der Waals surface area contributed by atoms with Gasteiger partial charge in [0.05, 0.1) is 11.7 Å². The van der Waals surface area contributed by atoms with Crippen LogP contribution in [0.2, 0.25) is 0 Å². The molecule has 158 valence electrons. The third-order valence-electron chi connectivity index (χ3n) is 5.57. The first-order chi connectivity index (χ1) is 14.6. The molecule has 0 unspecified atom stereocenters. The average Bonchev–Trinajstić information content (AvgIpc) is 3.19. The molecule has 2 heterocycles. The molecule has 1 aliphatic rings. The van der Waals surface area contributed by atoms with E-state index in [9.17, 15) is 4.79 Å². The van der Waals surface area contributed by atoms with Crippen LogP contribution < -0.4 is 10.6 Å². The minimum absolute atomic E-state index is 0.107. The van der Waals surface area contributed by atoms with Crippen molar-refractivity contribution in [3.8, 4) is 5.82 Å². The molecule has 1 saturated carbocycles. The zero-order valence-corrected chi connectivity index (χ0v) is 18.2. The number of anilines is 1. The molecule has 1 amide bonds. The number of para-hydroxylation sites is 1. The number of hydrogen-bond acceptors (Lipinski definition) is 6. The fraction of sp³-hybridized carbons (Fsp3) is 0.455. The van der Waals surface area contributed by atoms with Gasteiger partial charge in [-0.3, -0.25) is 4.79 Å². The first kappa shape index (κ1) is 20.7. The molecule has 2 aromatic heterocycles. The number of carbonyl (C=O) groups is 1. The highest BCUT2D eigenvalue weighted by molar-refractivity contribution is 7.98. The Hall–Kier alpha value is -2.61. The van der Waals surface area contributed by atoms with Gasteiger partial charge >= 0.3 is 0 Å². The molecule has 0 spiro atoms. The van der Waals surface area contributed by atoms with E-state index in [0.29, 0.717) is 5.95 Å². The number of nitrogens with one attached hydrogen (secondary N) is 2. The quantitative estimate of drug-likeness (QED) is 0.602. The fourth-order valence-corrected chi connectivity index (χ4v) is 4.61. The van der Waals surface area contributed by atoms with Gasteiger partial charge in [0, 0.05) is 41.4 Å². The van der Waals surface area contributed by atoms with E-state index in [1.807, 2.05) is 41.2 Å². The maximum Gasteiger partial charge on any atom is 0.224 e. The summed E-state index contributed by atoms with van der Waals surface area (Å²) >= 11 is 1.76. The van der Waals surface area contributed by atoms with Crippen LogP contribution in [0, 0.1) is 5.92 Å². The summed E-state index contributed by atoms with van der Waals surface area (Å²) < 4.78 is 1.83. The van der Waals surface area contributed by atoms with Crippen LogP contribution >= 0.6 is 11.8 Å². The fourth-order valence-electron chi connectivity index (χ4n) is 4.03. The summed E-state index contributed by atoms with van der Waals surface area (Å²) in [4.78, 5) is 21.5. The van der Waals surface area contributed by atoms with Crippen molar-refractivity contribution in [2.45, 2.75) is 44.7 Å². The molecule has 4 rings (SSSR count). The summed E-state index contributed by atoms with van der Waals surface area (Å²) in [5.41, 5.74) is 1.02. The number of carbonyl (C=O) groups excluding carboxylic acids is 1. The Bertz CT molecular complexity index is 998. The van der Waals surface area contributed by atoms with Crippen molar-refractivity contribution >= 4 is 34.5 Å². The maximum absolute atomic E-state index is 12.5. The molecule has 0 radical (unpaired) electrons. The van der Waals surface area contributed by atoms with Gasteiger partial charge in [0.2, 0.25) is 11.9 Å². The topological polar surface area (TPSA) is 84.7 Å². The lowest BCUT2D eigenvalue weighted by atomic mass is 9.85. The van der Waals surface area contributed by atoms with Gasteiger partial charge in [-0.2, -0.15) is 21.8 Å². The van der Waals surface area contributed by atoms with Crippen molar-refractivity contribution in [3.63, 3.8) is 0 Å². The lowest BCUT2D eigenvalue weighted by molar-refractivity contribution is -0.126. The predicted octanol–water partition coefficient (Wildman–Crippen LogP) is 3.65. The van der Waals surface area contributed by atoms with Crippen LogP contribution in [0.3, 0.4) is 0 Å². The SMILES string of the molecule is CSC[C@@H](C)NC(=O)[C@H]1CC[C@H](Nc2nccc(-n3ncc4ccccc43)n2)CC1. The van der Waals surface area contributed by atoms with Crippen LogP contribution in [0.25, 0.3) is 16.7 Å². The Balaban J connectivity index is 1.36. The van der Waals surface area contributed by atoms with Crippen molar-refractivity contribution < 1.29 is 4.79 Å². The molecule has 8 heteroatoms. The maximum atomic E-state index is 12.5. The number of amides is 1. The summed E-state index contributed by atoms with van der Waals surface area (Å²) in [5, 5.41) is 12.1. The van der Waals surface area contributed by atoms with Crippen LogP contribution in [0.4, 0.5) is 5.95 Å². The second kappa shape index (κ2) is 9.47. The highest BCUT2D eigenvalue weighted by Crippen LogP contribution is 2.26. The molecule has 1 atom stereocenters. The van der Waals surface area contributed by atoms with E-state index < -0.39 is 0 Å². The van der Waals surface area contributed by atoms with Crippen molar-refractivity contribution in [1.82, 2.24) is 25.1 Å². The number of hydrogen-bond donors (Lipinski definition) is 2. The lowest BCUT2D eigenvalue weighted by Gasteiger charge is -2.29. The van der Waals surface area contributed by atoms with Crippen LogP contribution in [0.15, 0.2) is 42.7 Å². The third-order valence-corrected chi connectivity index (χ3v) is 6.40. The van der Waals surface area contributed by atoms with E-state index in [1.165, 1.54) is 0 Å². The average molecular weight is 425 g/mol. The van der Waals surface area contributed by atoms with Gasteiger partial charge in [0.15, 0.2) is 5.82 Å². The van der Waals surface area contributed by atoms with Crippen molar-refractivity contribution in [1.29, 1.82) is 0 Å². The first-order valence-corrected chi connectivity index (χ1v) is 11.9. The smallest absolute Gasteiger partial charge is 0.224 e. The van der Waals surface area contributed by atoms with Gasteiger partial charge < -0.3 is 10.6 Å². The molecule has 0 saturated heterocycles. The van der Waals surface area contributed by atoms with Gasteiger partial charge in [-0.25, -0.2) is 9.67 Å². The second-order valence-electron chi connectivity index (χ2n) is 7.91. The van der Waals surface area contributed by atoms with Crippen molar-refractivity contribution in [2.75, 3.05) is 17.3 Å². The molecular weight excluding hydrogens is 396 g/mol. The molecular formula is C22H28N6OS. The van der Waals surface area contributed by atoms with E-state index in [-0.39, 0.29) is 23.9 Å². The molecule has 2 N–H and O–H groups in total.